The number of H-pyrrole nitrogens is 1. The summed E-state index contributed by atoms with van der Waals surface area (Å²) in [5.41, 5.74) is 2.50. The fourth-order valence-corrected chi connectivity index (χ4v) is 3.15. The van der Waals surface area contributed by atoms with Crippen LogP contribution in [0.15, 0.2) is 65.5 Å². The van der Waals surface area contributed by atoms with Crippen LogP contribution in [0.1, 0.15) is 5.56 Å². The zero-order valence-electron chi connectivity index (χ0n) is 14.2. The van der Waals surface area contributed by atoms with Gasteiger partial charge < -0.3 is 15.6 Å². The van der Waals surface area contributed by atoms with Crippen molar-refractivity contribution in [2.45, 2.75) is 6.54 Å². The van der Waals surface area contributed by atoms with Crippen LogP contribution in [0.5, 0.6) is 0 Å². The highest BCUT2D eigenvalue weighted by Crippen LogP contribution is 2.23. The van der Waals surface area contributed by atoms with Gasteiger partial charge in [0.2, 0.25) is 0 Å². The molecule has 1 heterocycles. The highest BCUT2D eigenvalue weighted by molar-refractivity contribution is 6.09. The minimum Gasteiger partial charge on any atom is -0.316 e. The average Bonchev–Trinajstić information content (AvgIpc) is 3.00. The third-order valence-corrected chi connectivity index (χ3v) is 4.36. The van der Waals surface area contributed by atoms with Gasteiger partial charge >= 0.3 is 11.7 Å². The lowest BCUT2D eigenvalue weighted by Crippen LogP contribution is -2.29. The number of nitrogens with one attached hydrogen (secondary N) is 3. The molecule has 0 unspecified atom stereocenters. The van der Waals surface area contributed by atoms with Gasteiger partial charge in [0.15, 0.2) is 0 Å². The number of aromatic amines is 1. The molecule has 130 valence electrons. The van der Waals surface area contributed by atoms with E-state index in [4.69, 9.17) is 0 Å². The Morgan fingerprint density at radius 3 is 2.58 bits per heavy atom. The van der Waals surface area contributed by atoms with E-state index >= 15 is 0 Å². The number of anilines is 1. The molecule has 1 aromatic heterocycles. The molecule has 6 nitrogen and oxygen atoms in total. The van der Waals surface area contributed by atoms with Crippen LogP contribution in [0.2, 0.25) is 0 Å². The number of nitrogens with zero attached hydrogens (tertiary/aromatic N) is 1. The zero-order chi connectivity index (χ0) is 18.1. The molecule has 0 atom stereocenters. The second-order valence-electron chi connectivity index (χ2n) is 6.11. The zero-order valence-corrected chi connectivity index (χ0v) is 14.2. The first-order valence-corrected chi connectivity index (χ1v) is 8.35. The number of carbonyl (C=O) groups excluding carboxylic acids is 1. The van der Waals surface area contributed by atoms with Crippen LogP contribution in [0.25, 0.3) is 21.8 Å². The molecule has 6 heteroatoms. The fourth-order valence-electron chi connectivity index (χ4n) is 3.15. The summed E-state index contributed by atoms with van der Waals surface area (Å²) >= 11 is 0. The molecule has 3 aromatic carbocycles. The van der Waals surface area contributed by atoms with E-state index in [1.807, 2.05) is 67.7 Å². The fraction of sp³-hybridized carbons (Fsp3) is 0.100. The van der Waals surface area contributed by atoms with Gasteiger partial charge in [-0.3, -0.25) is 0 Å². The molecule has 0 saturated heterocycles. The van der Waals surface area contributed by atoms with Gasteiger partial charge in [-0.25, -0.2) is 14.2 Å². The molecular formula is C20H18N4O2. The molecule has 0 aliphatic heterocycles. The van der Waals surface area contributed by atoms with Crippen molar-refractivity contribution in [1.82, 2.24) is 14.9 Å². The Morgan fingerprint density at radius 1 is 1.04 bits per heavy atom. The molecule has 4 aromatic rings. The SMILES string of the molecule is CNCc1ccc(NC(=O)n2c(=O)[nH]c3ccc4ccccc4c32)cc1. The minimum atomic E-state index is -0.487. The van der Waals surface area contributed by atoms with Crippen molar-refractivity contribution in [3.8, 4) is 0 Å². The highest BCUT2D eigenvalue weighted by Gasteiger charge is 2.16. The Kier molecular flexibility index (Phi) is 4.02. The topological polar surface area (TPSA) is 78.9 Å². The monoisotopic (exact) mass is 346 g/mol. The summed E-state index contributed by atoms with van der Waals surface area (Å²) in [7, 11) is 1.88. The van der Waals surface area contributed by atoms with E-state index < -0.39 is 11.7 Å². The van der Waals surface area contributed by atoms with Crippen molar-refractivity contribution in [3.05, 3.63) is 76.7 Å². The van der Waals surface area contributed by atoms with Gasteiger partial charge in [0.25, 0.3) is 0 Å². The normalized spacial score (nSPS) is 11.1. The summed E-state index contributed by atoms with van der Waals surface area (Å²) in [5.74, 6) is 0. The number of rotatable bonds is 3. The molecule has 0 aliphatic rings. The molecule has 0 fully saturated rings. The van der Waals surface area contributed by atoms with Gasteiger partial charge in [-0.1, -0.05) is 42.5 Å². The summed E-state index contributed by atoms with van der Waals surface area (Å²) in [5, 5.41) is 7.69. The van der Waals surface area contributed by atoms with Gasteiger partial charge in [0.05, 0.1) is 11.0 Å². The largest absolute Gasteiger partial charge is 0.334 e. The molecule has 4 rings (SSSR count). The number of hydrogen-bond donors (Lipinski definition) is 3. The number of aromatic nitrogens is 2. The van der Waals surface area contributed by atoms with Crippen LogP contribution < -0.4 is 16.3 Å². The molecule has 0 spiro atoms. The second-order valence-corrected chi connectivity index (χ2v) is 6.11. The van der Waals surface area contributed by atoms with E-state index in [2.05, 4.69) is 15.6 Å². The average molecular weight is 346 g/mol. The number of fused-ring (bicyclic) bond motifs is 3. The number of amides is 1. The van der Waals surface area contributed by atoms with Crippen LogP contribution in [-0.4, -0.2) is 22.6 Å². The first kappa shape index (κ1) is 16.1. The predicted molar refractivity (Wildman–Crippen MR) is 104 cm³/mol. The molecule has 26 heavy (non-hydrogen) atoms. The van der Waals surface area contributed by atoms with Gasteiger partial charge in [-0.15, -0.1) is 0 Å². The van der Waals surface area contributed by atoms with Crippen molar-refractivity contribution in [2.75, 3.05) is 12.4 Å². The molecular weight excluding hydrogens is 328 g/mol. The Bertz CT molecular complexity index is 1160. The predicted octanol–water partition coefficient (Wildman–Crippen LogP) is 3.28. The van der Waals surface area contributed by atoms with Crippen LogP contribution in [0.4, 0.5) is 10.5 Å². The smallest absolute Gasteiger partial charge is 0.316 e. The summed E-state index contributed by atoms with van der Waals surface area (Å²) < 4.78 is 1.15. The summed E-state index contributed by atoms with van der Waals surface area (Å²) in [6.07, 6.45) is 0. The molecule has 3 N–H and O–H groups in total. The molecule has 0 radical (unpaired) electrons. The van der Waals surface area contributed by atoms with E-state index in [1.165, 1.54) is 0 Å². The second kappa shape index (κ2) is 6.50. The Hall–Kier alpha value is -3.38. The third kappa shape index (κ3) is 2.76. The minimum absolute atomic E-state index is 0.458. The molecule has 0 saturated carbocycles. The summed E-state index contributed by atoms with van der Waals surface area (Å²) in [4.78, 5) is 27.9. The van der Waals surface area contributed by atoms with E-state index in [0.717, 1.165) is 27.4 Å². The first-order chi connectivity index (χ1) is 12.7. The Labute approximate surface area is 149 Å². The Balaban J connectivity index is 1.76. The van der Waals surface area contributed by atoms with Crippen molar-refractivity contribution < 1.29 is 4.79 Å². The van der Waals surface area contributed by atoms with Crippen molar-refractivity contribution in [3.63, 3.8) is 0 Å². The first-order valence-electron chi connectivity index (χ1n) is 8.35. The standard InChI is InChI=1S/C20H18N4O2/c1-21-12-13-6-9-15(10-7-13)22-19(25)24-18-16-5-3-2-4-14(16)8-11-17(18)23-20(24)26/h2-11,21H,12H2,1H3,(H,22,25)(H,23,26). The maximum absolute atomic E-state index is 12.8. The molecule has 0 bridgehead atoms. The van der Waals surface area contributed by atoms with Gasteiger partial charge in [0, 0.05) is 17.6 Å². The number of carbonyl (C=O) groups is 1. The maximum Gasteiger partial charge on any atom is 0.334 e. The van der Waals surface area contributed by atoms with Crippen LogP contribution >= 0.6 is 0 Å². The van der Waals surface area contributed by atoms with Gasteiger partial charge in [0.1, 0.15) is 0 Å². The van der Waals surface area contributed by atoms with Gasteiger partial charge in [-0.2, -0.15) is 0 Å². The lowest BCUT2D eigenvalue weighted by Gasteiger charge is -2.08. The molecule has 0 aliphatic carbocycles. The van der Waals surface area contributed by atoms with Crippen LogP contribution in [0, 0.1) is 0 Å². The summed E-state index contributed by atoms with van der Waals surface area (Å²) in [6, 6.07) is 18.4. The summed E-state index contributed by atoms with van der Waals surface area (Å²) in [6.45, 7) is 0.752. The van der Waals surface area contributed by atoms with Crippen LogP contribution in [0.3, 0.4) is 0 Å². The highest BCUT2D eigenvalue weighted by atomic mass is 16.2. The van der Waals surface area contributed by atoms with Crippen molar-refractivity contribution in [2.24, 2.45) is 0 Å². The van der Waals surface area contributed by atoms with E-state index in [-0.39, 0.29) is 0 Å². The number of benzene rings is 3. The van der Waals surface area contributed by atoms with Gasteiger partial charge in [-0.05, 0) is 36.2 Å². The Morgan fingerprint density at radius 2 is 1.81 bits per heavy atom. The van der Waals surface area contributed by atoms with Crippen molar-refractivity contribution in [1.29, 1.82) is 0 Å². The van der Waals surface area contributed by atoms with E-state index in [9.17, 15) is 9.59 Å². The third-order valence-electron chi connectivity index (χ3n) is 4.36. The number of hydrogen-bond acceptors (Lipinski definition) is 3. The van der Waals surface area contributed by atoms with Crippen LogP contribution in [-0.2, 0) is 6.54 Å². The van der Waals surface area contributed by atoms with E-state index in [0.29, 0.717) is 16.7 Å². The number of imidazole rings is 1. The lowest BCUT2D eigenvalue weighted by molar-refractivity contribution is 0.253. The van der Waals surface area contributed by atoms with E-state index in [1.54, 1.807) is 0 Å². The maximum atomic E-state index is 12.8. The molecule has 1 amide bonds. The quantitative estimate of drug-likeness (QED) is 0.533. The lowest BCUT2D eigenvalue weighted by atomic mass is 10.1. The van der Waals surface area contributed by atoms with Crippen molar-refractivity contribution >= 4 is 33.5 Å².